The highest BCUT2D eigenvalue weighted by Gasteiger charge is 2.05. The van der Waals surface area contributed by atoms with Crippen LogP contribution < -0.4 is 16.3 Å². The molecular formula is C14H16N2O2S. The van der Waals surface area contributed by atoms with Crippen LogP contribution in [0.5, 0.6) is 0 Å². The largest absolute Gasteiger partial charge is 0.423 e. The fourth-order valence-electron chi connectivity index (χ4n) is 1.83. The van der Waals surface area contributed by atoms with Crippen LogP contribution in [0.15, 0.2) is 33.5 Å². The molecule has 2 N–H and O–H groups in total. The van der Waals surface area contributed by atoms with E-state index in [1.54, 1.807) is 6.07 Å². The normalized spacial score (nSPS) is 10.7. The molecule has 0 aliphatic rings. The van der Waals surface area contributed by atoms with Crippen LogP contribution in [0.2, 0.25) is 0 Å². The van der Waals surface area contributed by atoms with E-state index in [9.17, 15) is 4.79 Å². The van der Waals surface area contributed by atoms with Crippen molar-refractivity contribution in [1.29, 1.82) is 0 Å². The van der Waals surface area contributed by atoms with Gasteiger partial charge in [0.15, 0.2) is 5.11 Å². The van der Waals surface area contributed by atoms with Crippen LogP contribution in [0.25, 0.3) is 11.0 Å². The minimum absolute atomic E-state index is 0.264. The predicted molar refractivity (Wildman–Crippen MR) is 81.7 cm³/mol. The summed E-state index contributed by atoms with van der Waals surface area (Å²) in [6, 6.07) is 7.34. The Morgan fingerprint density at radius 2 is 2.05 bits per heavy atom. The molecule has 5 heteroatoms. The lowest BCUT2D eigenvalue weighted by Gasteiger charge is -2.13. The van der Waals surface area contributed by atoms with Crippen molar-refractivity contribution in [2.45, 2.75) is 26.8 Å². The average Bonchev–Trinajstić information content (AvgIpc) is 2.26. The zero-order valence-corrected chi connectivity index (χ0v) is 11.9. The van der Waals surface area contributed by atoms with Gasteiger partial charge in [-0.25, -0.2) is 4.79 Å². The van der Waals surface area contributed by atoms with Crippen molar-refractivity contribution in [1.82, 2.24) is 5.32 Å². The number of thiocarbonyl (C=S) groups is 1. The first-order chi connectivity index (χ1) is 8.95. The lowest BCUT2D eigenvalue weighted by Crippen LogP contribution is -2.33. The number of anilines is 1. The highest BCUT2D eigenvalue weighted by atomic mass is 32.1. The van der Waals surface area contributed by atoms with Crippen molar-refractivity contribution in [2.75, 3.05) is 5.32 Å². The van der Waals surface area contributed by atoms with Gasteiger partial charge in [-0.05, 0) is 50.7 Å². The summed E-state index contributed by atoms with van der Waals surface area (Å²) >= 11 is 5.17. The molecule has 2 rings (SSSR count). The highest BCUT2D eigenvalue weighted by Crippen LogP contribution is 2.20. The molecule has 0 atom stereocenters. The maximum absolute atomic E-state index is 11.4. The minimum Gasteiger partial charge on any atom is -0.423 e. The van der Waals surface area contributed by atoms with Crippen LogP contribution in [-0.4, -0.2) is 11.2 Å². The molecule has 100 valence electrons. The Balaban J connectivity index is 2.31. The van der Waals surface area contributed by atoms with Crippen molar-refractivity contribution >= 4 is 34.0 Å². The molecule has 1 aromatic carbocycles. The summed E-state index contributed by atoms with van der Waals surface area (Å²) in [7, 11) is 0. The summed E-state index contributed by atoms with van der Waals surface area (Å²) in [5.74, 6) is 0. The van der Waals surface area contributed by atoms with E-state index >= 15 is 0 Å². The summed E-state index contributed by atoms with van der Waals surface area (Å²) < 4.78 is 5.19. The summed E-state index contributed by atoms with van der Waals surface area (Å²) in [6.07, 6.45) is 0. The number of nitrogens with one attached hydrogen (secondary N) is 2. The first kappa shape index (κ1) is 13.5. The molecule has 0 radical (unpaired) electrons. The lowest BCUT2D eigenvalue weighted by atomic mass is 10.1. The standard InChI is InChI=1S/C14H16N2O2S/c1-8(2)15-14(19)16-10-4-5-11-9(3)6-13(17)18-12(11)7-10/h4-8H,1-3H3,(H2,15,16,19). The monoisotopic (exact) mass is 276 g/mol. The summed E-state index contributed by atoms with van der Waals surface area (Å²) in [5, 5.41) is 7.62. The van der Waals surface area contributed by atoms with Crippen molar-refractivity contribution in [3.05, 3.63) is 40.2 Å². The fourth-order valence-corrected chi connectivity index (χ4v) is 2.19. The van der Waals surface area contributed by atoms with E-state index in [0.717, 1.165) is 16.6 Å². The van der Waals surface area contributed by atoms with Gasteiger partial charge in [-0.1, -0.05) is 0 Å². The lowest BCUT2D eigenvalue weighted by molar-refractivity contribution is 0.560. The zero-order chi connectivity index (χ0) is 14.0. The molecule has 0 bridgehead atoms. The number of benzene rings is 1. The molecule has 0 spiro atoms. The second-order valence-corrected chi connectivity index (χ2v) is 5.12. The molecule has 0 aliphatic carbocycles. The third kappa shape index (κ3) is 3.32. The van der Waals surface area contributed by atoms with Gasteiger partial charge in [-0.2, -0.15) is 0 Å². The molecule has 1 aromatic heterocycles. The van der Waals surface area contributed by atoms with Gasteiger partial charge in [0, 0.05) is 29.2 Å². The second-order valence-electron chi connectivity index (χ2n) is 4.71. The van der Waals surface area contributed by atoms with Crippen molar-refractivity contribution in [3.63, 3.8) is 0 Å². The van der Waals surface area contributed by atoms with Crippen LogP contribution >= 0.6 is 12.2 Å². The van der Waals surface area contributed by atoms with Crippen molar-refractivity contribution in [3.8, 4) is 0 Å². The maximum Gasteiger partial charge on any atom is 0.336 e. The van der Waals surface area contributed by atoms with Gasteiger partial charge in [0.1, 0.15) is 5.58 Å². The van der Waals surface area contributed by atoms with Gasteiger partial charge in [0.2, 0.25) is 0 Å². The van der Waals surface area contributed by atoms with Gasteiger partial charge in [-0.3, -0.25) is 0 Å². The van der Waals surface area contributed by atoms with Crippen LogP contribution in [-0.2, 0) is 0 Å². The molecular weight excluding hydrogens is 260 g/mol. The van der Waals surface area contributed by atoms with E-state index in [0.29, 0.717) is 10.7 Å². The van der Waals surface area contributed by atoms with E-state index in [2.05, 4.69) is 10.6 Å². The second kappa shape index (κ2) is 5.40. The van der Waals surface area contributed by atoms with Gasteiger partial charge >= 0.3 is 5.63 Å². The first-order valence-electron chi connectivity index (χ1n) is 6.08. The van der Waals surface area contributed by atoms with Crippen LogP contribution in [0.4, 0.5) is 5.69 Å². The molecule has 19 heavy (non-hydrogen) atoms. The number of rotatable bonds is 2. The average molecular weight is 276 g/mol. The molecule has 0 aliphatic heterocycles. The molecule has 0 saturated carbocycles. The fraction of sp³-hybridized carbons (Fsp3) is 0.286. The number of fused-ring (bicyclic) bond motifs is 1. The maximum atomic E-state index is 11.4. The molecule has 0 saturated heterocycles. The van der Waals surface area contributed by atoms with Gasteiger partial charge in [-0.15, -0.1) is 0 Å². The Hall–Kier alpha value is -1.88. The molecule has 1 heterocycles. The summed E-state index contributed by atoms with van der Waals surface area (Å²) in [6.45, 7) is 5.91. The molecule has 4 nitrogen and oxygen atoms in total. The molecule has 0 amide bonds. The van der Waals surface area contributed by atoms with Crippen LogP contribution in [0.1, 0.15) is 19.4 Å². The Morgan fingerprint density at radius 3 is 2.74 bits per heavy atom. The Kier molecular flexibility index (Phi) is 3.85. The third-order valence-corrected chi connectivity index (χ3v) is 2.85. The van der Waals surface area contributed by atoms with Gasteiger partial charge < -0.3 is 15.1 Å². The molecule has 0 unspecified atom stereocenters. The van der Waals surface area contributed by atoms with Crippen molar-refractivity contribution < 1.29 is 4.42 Å². The topological polar surface area (TPSA) is 54.3 Å². The van der Waals surface area contributed by atoms with E-state index in [1.165, 1.54) is 6.07 Å². The van der Waals surface area contributed by atoms with Crippen LogP contribution in [0.3, 0.4) is 0 Å². The minimum atomic E-state index is -0.343. The Bertz CT molecular complexity index is 677. The quantitative estimate of drug-likeness (QED) is 0.652. The van der Waals surface area contributed by atoms with E-state index in [1.807, 2.05) is 32.9 Å². The third-order valence-electron chi connectivity index (χ3n) is 2.63. The van der Waals surface area contributed by atoms with Crippen molar-refractivity contribution in [2.24, 2.45) is 0 Å². The molecule has 2 aromatic rings. The molecule has 0 fully saturated rings. The van der Waals surface area contributed by atoms with Gasteiger partial charge in [0.05, 0.1) is 0 Å². The summed E-state index contributed by atoms with van der Waals surface area (Å²) in [5.41, 5.74) is 1.91. The van der Waals surface area contributed by atoms with Gasteiger partial charge in [0.25, 0.3) is 0 Å². The highest BCUT2D eigenvalue weighted by molar-refractivity contribution is 7.80. The number of hydrogen-bond donors (Lipinski definition) is 2. The smallest absolute Gasteiger partial charge is 0.336 e. The Labute approximate surface area is 116 Å². The number of hydrogen-bond acceptors (Lipinski definition) is 3. The number of aryl methyl sites for hydroxylation is 1. The predicted octanol–water partition coefficient (Wildman–Crippen LogP) is 2.80. The van der Waals surface area contributed by atoms with E-state index in [-0.39, 0.29) is 11.7 Å². The first-order valence-corrected chi connectivity index (χ1v) is 6.48. The SMILES string of the molecule is Cc1cc(=O)oc2cc(NC(=S)NC(C)C)ccc12. The zero-order valence-electron chi connectivity index (χ0n) is 11.1. The summed E-state index contributed by atoms with van der Waals surface area (Å²) in [4.78, 5) is 11.4. The van der Waals surface area contributed by atoms with E-state index < -0.39 is 0 Å². The Morgan fingerprint density at radius 1 is 1.32 bits per heavy atom. The van der Waals surface area contributed by atoms with E-state index in [4.69, 9.17) is 16.6 Å². The van der Waals surface area contributed by atoms with Crippen LogP contribution in [0, 0.1) is 6.92 Å².